The molecule has 2 aromatic carbocycles. The molecule has 2 aliphatic carbocycles. The van der Waals surface area contributed by atoms with Gasteiger partial charge in [-0.2, -0.15) is 26.3 Å². The molecule has 0 spiro atoms. The van der Waals surface area contributed by atoms with Gasteiger partial charge in [-0.15, -0.1) is 0 Å². The van der Waals surface area contributed by atoms with Gasteiger partial charge in [0.1, 0.15) is 17.6 Å². The molecule has 2 fully saturated rings. The van der Waals surface area contributed by atoms with Crippen molar-refractivity contribution in [3.05, 3.63) is 58.7 Å². The SMILES string of the molecule is CC(=O)OC1CC[C@@](C(=O)N2COc3ccc(C(F)(F)F)cc3C2)(C(C)C)C1.CC(C)[C@]1(C(=O)N2COc3ccc(C(F)(F)F)cc3C2)CCC(O)C1.O.[Li+].[OH-]. The first-order valence-corrected chi connectivity index (χ1v) is 17.8. The van der Waals surface area contributed by atoms with E-state index < -0.39 is 40.4 Å². The summed E-state index contributed by atoms with van der Waals surface area (Å²) in [6, 6.07) is 6.64. The monoisotopic (exact) mass is 798 g/mol. The van der Waals surface area contributed by atoms with E-state index in [-0.39, 0.29) is 92.1 Å². The molecule has 18 heteroatoms. The predicted octanol–water partition coefficient (Wildman–Crippen LogP) is 3.72. The Hall–Kier alpha value is -3.49. The minimum Gasteiger partial charge on any atom is -0.870 e. The number of halogens is 6. The first kappa shape index (κ1) is 48.7. The van der Waals surface area contributed by atoms with Crippen LogP contribution in [-0.2, 0) is 44.6 Å². The number of aliphatic hydroxyl groups is 1. The topological polar surface area (TPSA) is 167 Å². The summed E-state index contributed by atoms with van der Waals surface area (Å²) in [5.41, 5.74) is -2.22. The zero-order chi connectivity index (χ0) is 39.1. The molecule has 0 radical (unpaired) electrons. The number of carbonyl (C=O) groups excluding carboxylic acids is 3. The number of aliphatic hydroxyl groups excluding tert-OH is 1. The van der Waals surface area contributed by atoms with E-state index in [1.807, 2.05) is 27.7 Å². The third-order valence-corrected chi connectivity index (χ3v) is 11.2. The second-order valence-corrected chi connectivity index (χ2v) is 15.2. The van der Waals surface area contributed by atoms with Gasteiger partial charge in [0, 0.05) is 18.1 Å². The number of esters is 1. The molecule has 2 unspecified atom stereocenters. The summed E-state index contributed by atoms with van der Waals surface area (Å²) in [7, 11) is 0. The molecule has 4 atom stereocenters. The molecule has 2 amide bonds. The molecule has 56 heavy (non-hydrogen) atoms. The van der Waals surface area contributed by atoms with Gasteiger partial charge in [-0.1, -0.05) is 27.7 Å². The molecule has 2 heterocycles. The van der Waals surface area contributed by atoms with E-state index in [9.17, 15) is 45.8 Å². The zero-order valence-electron chi connectivity index (χ0n) is 32.4. The summed E-state index contributed by atoms with van der Waals surface area (Å²) in [5, 5.41) is 9.92. The largest absolute Gasteiger partial charge is 1.00 e. The Balaban J connectivity index is 0.000000369. The minimum atomic E-state index is -4.46. The van der Waals surface area contributed by atoms with Crippen molar-refractivity contribution in [2.24, 2.45) is 22.7 Å². The molecular weight excluding hydrogens is 749 g/mol. The Kier molecular flexibility index (Phi) is 16.0. The van der Waals surface area contributed by atoms with E-state index in [2.05, 4.69) is 0 Å². The van der Waals surface area contributed by atoms with Crippen LogP contribution in [-0.4, -0.2) is 69.3 Å². The first-order valence-electron chi connectivity index (χ1n) is 17.8. The zero-order valence-corrected chi connectivity index (χ0v) is 32.4. The minimum absolute atomic E-state index is 0. The number of nitrogens with zero attached hydrogens (tertiary/aromatic N) is 2. The van der Waals surface area contributed by atoms with Crippen LogP contribution in [0.5, 0.6) is 11.5 Å². The third kappa shape index (κ3) is 10.1. The van der Waals surface area contributed by atoms with Crippen LogP contribution >= 0.6 is 0 Å². The predicted molar refractivity (Wildman–Crippen MR) is 184 cm³/mol. The second kappa shape index (κ2) is 18.4. The molecule has 4 N–H and O–H groups in total. The smallest absolute Gasteiger partial charge is 0.870 e. The summed E-state index contributed by atoms with van der Waals surface area (Å²) in [6.07, 6.45) is -6.63. The van der Waals surface area contributed by atoms with Crippen molar-refractivity contribution in [1.82, 2.24) is 9.80 Å². The number of rotatable bonds is 5. The molecule has 0 bridgehead atoms. The Morgan fingerprint density at radius 3 is 1.54 bits per heavy atom. The van der Waals surface area contributed by atoms with Crippen molar-refractivity contribution in [2.75, 3.05) is 13.5 Å². The number of benzene rings is 2. The Morgan fingerprint density at radius 1 is 0.768 bits per heavy atom. The number of carbonyl (C=O) groups is 3. The maximum atomic E-state index is 13.4. The fraction of sp³-hybridized carbons (Fsp3) is 0.605. The second-order valence-electron chi connectivity index (χ2n) is 15.2. The molecule has 2 aromatic rings. The maximum absolute atomic E-state index is 13.4. The summed E-state index contributed by atoms with van der Waals surface area (Å²) in [6.45, 7) is 9.25. The Morgan fingerprint density at radius 2 is 1.18 bits per heavy atom. The van der Waals surface area contributed by atoms with Crippen molar-refractivity contribution in [1.29, 1.82) is 0 Å². The van der Waals surface area contributed by atoms with Gasteiger partial charge in [0.2, 0.25) is 11.8 Å². The van der Waals surface area contributed by atoms with E-state index in [1.54, 1.807) is 0 Å². The van der Waals surface area contributed by atoms with Crippen LogP contribution in [0, 0.1) is 22.7 Å². The quantitative estimate of drug-likeness (QED) is 0.272. The average molecular weight is 799 g/mol. The van der Waals surface area contributed by atoms with E-state index in [4.69, 9.17) is 14.2 Å². The molecule has 4 aliphatic rings. The van der Waals surface area contributed by atoms with E-state index in [0.29, 0.717) is 61.2 Å². The van der Waals surface area contributed by atoms with Crippen LogP contribution in [0.15, 0.2) is 36.4 Å². The maximum Gasteiger partial charge on any atom is 1.00 e. The Bertz CT molecular complexity index is 1710. The van der Waals surface area contributed by atoms with Crippen LogP contribution in [0.1, 0.15) is 95.4 Å². The van der Waals surface area contributed by atoms with Crippen LogP contribution in [0.3, 0.4) is 0 Å². The number of ether oxygens (including phenoxy) is 3. The molecule has 308 valence electrons. The van der Waals surface area contributed by atoms with Crippen molar-refractivity contribution in [3.63, 3.8) is 0 Å². The van der Waals surface area contributed by atoms with Crippen LogP contribution in [0.4, 0.5) is 26.3 Å². The summed E-state index contributed by atoms with van der Waals surface area (Å²) in [4.78, 5) is 40.7. The van der Waals surface area contributed by atoms with Gasteiger partial charge in [-0.3, -0.25) is 14.4 Å². The molecule has 2 saturated carbocycles. The number of fused-ring (bicyclic) bond motifs is 2. The number of hydrogen-bond acceptors (Lipinski definition) is 8. The normalized spacial score (nSPS) is 24.2. The molecule has 6 rings (SSSR count). The molecule has 0 aromatic heterocycles. The molecule has 2 aliphatic heterocycles. The Labute approximate surface area is 333 Å². The number of hydrogen-bond donors (Lipinski definition) is 1. The molecule has 11 nitrogen and oxygen atoms in total. The fourth-order valence-corrected chi connectivity index (χ4v) is 8.07. The summed E-state index contributed by atoms with van der Waals surface area (Å²) >= 11 is 0. The van der Waals surface area contributed by atoms with Crippen molar-refractivity contribution >= 4 is 17.8 Å². The van der Waals surface area contributed by atoms with E-state index in [1.165, 1.54) is 28.9 Å². The van der Waals surface area contributed by atoms with Gasteiger partial charge in [-0.05, 0) is 86.8 Å². The third-order valence-electron chi connectivity index (χ3n) is 11.2. The van der Waals surface area contributed by atoms with Crippen molar-refractivity contribution < 1.29 is 89.9 Å². The summed E-state index contributed by atoms with van der Waals surface area (Å²) in [5.74, 6) is 0.0553. The standard InChI is InChI=1S/C20H24F3NO4.C18H22F3NO3.Li.2H2O/c1-12(2)19(7-6-16(9-19)28-13(3)25)18(26)24-10-14-8-15(20(21,22)23)4-5-17(14)27-11-24;1-11(2)17(6-5-14(23)8-17)16(24)22-9-12-7-13(18(19,20)21)3-4-15(12)25-10-22;;;/h4-5,8,12,16H,6-7,9-11H2,1-3H3;3-4,7,11,14,23H,5-6,8-10H2,1-2H3;;2*1H2/q;;+1;;/p-1/t16?,19-;14?,17-;;;/m00.../s1. The molecular formula is C38H49F6LiN2O9. The molecule has 0 saturated heterocycles. The van der Waals surface area contributed by atoms with Crippen molar-refractivity contribution in [3.8, 4) is 11.5 Å². The van der Waals surface area contributed by atoms with Crippen LogP contribution < -0.4 is 28.3 Å². The van der Waals surface area contributed by atoms with Crippen molar-refractivity contribution in [2.45, 2.75) is 111 Å². The summed E-state index contributed by atoms with van der Waals surface area (Å²) < 4.78 is 94.2. The van der Waals surface area contributed by atoms with Gasteiger partial charge in [0.15, 0.2) is 13.5 Å². The van der Waals surface area contributed by atoms with Gasteiger partial charge < -0.3 is 40.1 Å². The van der Waals surface area contributed by atoms with Gasteiger partial charge in [0.05, 0.1) is 41.2 Å². The van der Waals surface area contributed by atoms with Crippen LogP contribution in [0.25, 0.3) is 0 Å². The first-order chi connectivity index (χ1) is 24.7. The fourth-order valence-electron chi connectivity index (χ4n) is 8.07. The van der Waals surface area contributed by atoms with Crippen LogP contribution in [0.2, 0.25) is 0 Å². The average Bonchev–Trinajstić information content (AvgIpc) is 3.71. The van der Waals surface area contributed by atoms with E-state index >= 15 is 0 Å². The number of amides is 2. The van der Waals surface area contributed by atoms with Gasteiger partial charge in [0.25, 0.3) is 0 Å². The van der Waals surface area contributed by atoms with Gasteiger partial charge in [-0.25, -0.2) is 0 Å². The van der Waals surface area contributed by atoms with Gasteiger partial charge >= 0.3 is 37.2 Å². The number of alkyl halides is 6. The van der Waals surface area contributed by atoms with E-state index in [0.717, 1.165) is 24.3 Å².